The number of ether oxygens (including phenoxy) is 2. The Balaban J connectivity index is 2.45. The molecule has 0 bridgehead atoms. The average molecular weight is 404 g/mol. The van der Waals surface area contributed by atoms with Crippen LogP contribution in [0.5, 0.6) is 11.5 Å². The second-order valence-electron chi connectivity index (χ2n) is 5.55. The largest absolute Gasteiger partial charge is 0.493 e. The third kappa shape index (κ3) is 4.83. The minimum atomic E-state index is -0.380. The number of benzene rings is 2. The smallest absolute Gasteiger partial charge is 0.175 e. The topological polar surface area (TPSA) is 42.2 Å². The summed E-state index contributed by atoms with van der Waals surface area (Å²) in [7, 11) is 1.57. The Morgan fingerprint density at radius 2 is 2.12 bits per heavy atom. The Labute approximate surface area is 155 Å². The van der Waals surface area contributed by atoms with Crippen molar-refractivity contribution < 1.29 is 13.9 Å². The highest BCUT2D eigenvalue weighted by Crippen LogP contribution is 2.38. The molecule has 2 aromatic rings. The van der Waals surface area contributed by atoms with Gasteiger partial charge in [-0.1, -0.05) is 19.1 Å². The molecule has 0 fully saturated rings. The molecular weight excluding hydrogens is 385 g/mol. The van der Waals surface area contributed by atoms with E-state index >= 15 is 0 Å². The number of allylic oxidation sites excluding steroid dienone is 1. The maximum atomic E-state index is 13.4. The van der Waals surface area contributed by atoms with E-state index in [9.17, 15) is 9.65 Å². The van der Waals surface area contributed by atoms with Gasteiger partial charge in [0, 0.05) is 0 Å². The highest BCUT2D eigenvalue weighted by Gasteiger charge is 2.14. The molecule has 2 aromatic carbocycles. The van der Waals surface area contributed by atoms with Crippen molar-refractivity contribution in [1.29, 1.82) is 5.26 Å². The first-order chi connectivity index (χ1) is 12.0. The summed E-state index contributed by atoms with van der Waals surface area (Å²) in [5.74, 6) is 0.811. The molecule has 0 aliphatic rings. The summed E-state index contributed by atoms with van der Waals surface area (Å²) in [6.07, 6.45) is 2.61. The number of nitrogens with zero attached hydrogens (tertiary/aromatic N) is 1. The number of methoxy groups -OCH3 is 1. The average Bonchev–Trinajstić information content (AvgIpc) is 2.61. The van der Waals surface area contributed by atoms with Crippen LogP contribution in [0.3, 0.4) is 0 Å². The molecule has 130 valence electrons. The zero-order valence-electron chi connectivity index (χ0n) is 14.3. The molecule has 5 heteroatoms. The van der Waals surface area contributed by atoms with Crippen LogP contribution in [0.15, 0.2) is 40.9 Å². The molecule has 25 heavy (non-hydrogen) atoms. The lowest BCUT2D eigenvalue weighted by molar-refractivity contribution is 0.206. The third-order valence-corrected chi connectivity index (χ3v) is 4.30. The summed E-state index contributed by atoms with van der Waals surface area (Å²) in [6.45, 7) is 4.03. The van der Waals surface area contributed by atoms with Crippen LogP contribution in [0.1, 0.15) is 31.4 Å². The lowest BCUT2D eigenvalue weighted by Crippen LogP contribution is -2.11. The fraction of sp³-hybridized carbons (Fsp3) is 0.250. The molecule has 1 atom stereocenters. The first-order valence-corrected chi connectivity index (χ1v) is 8.69. The van der Waals surface area contributed by atoms with E-state index < -0.39 is 0 Å². The van der Waals surface area contributed by atoms with Crippen LogP contribution < -0.4 is 9.47 Å². The quantitative estimate of drug-likeness (QED) is 0.449. The van der Waals surface area contributed by atoms with E-state index in [0.29, 0.717) is 22.6 Å². The molecule has 0 radical (unpaired) electrons. The summed E-state index contributed by atoms with van der Waals surface area (Å²) in [4.78, 5) is 0. The van der Waals surface area contributed by atoms with E-state index in [4.69, 9.17) is 9.47 Å². The van der Waals surface area contributed by atoms with Gasteiger partial charge in [0.1, 0.15) is 5.82 Å². The molecule has 0 aliphatic heterocycles. The van der Waals surface area contributed by atoms with Crippen LogP contribution in [0.25, 0.3) is 11.6 Å². The van der Waals surface area contributed by atoms with Crippen molar-refractivity contribution in [2.45, 2.75) is 26.4 Å². The monoisotopic (exact) mass is 403 g/mol. The van der Waals surface area contributed by atoms with E-state index in [2.05, 4.69) is 22.0 Å². The standard InChI is InChI=1S/C20H19BrFNO2/c1-4-13(2)25-20-18(21)9-14(10-19(20)24-3)8-16(12-23)15-6-5-7-17(22)11-15/h5-11,13H,4H2,1-3H3/b16-8-/t13-/m0/s1. The number of hydrogen-bond donors (Lipinski definition) is 0. The molecule has 3 nitrogen and oxygen atoms in total. The van der Waals surface area contributed by atoms with Crippen LogP contribution in [-0.2, 0) is 0 Å². The minimum Gasteiger partial charge on any atom is -0.493 e. The first kappa shape index (κ1) is 19.0. The van der Waals surface area contributed by atoms with Gasteiger partial charge in [-0.3, -0.25) is 0 Å². The molecule has 0 unspecified atom stereocenters. The number of hydrogen-bond acceptors (Lipinski definition) is 3. The van der Waals surface area contributed by atoms with E-state index in [-0.39, 0.29) is 11.9 Å². The van der Waals surface area contributed by atoms with Crippen LogP contribution in [0.2, 0.25) is 0 Å². The normalized spacial score (nSPS) is 12.4. The Morgan fingerprint density at radius 3 is 2.72 bits per heavy atom. The molecule has 0 amide bonds. The van der Waals surface area contributed by atoms with Crippen molar-refractivity contribution in [3.8, 4) is 17.6 Å². The Morgan fingerprint density at radius 1 is 1.36 bits per heavy atom. The fourth-order valence-electron chi connectivity index (χ4n) is 2.22. The molecular formula is C20H19BrFNO2. The van der Waals surface area contributed by atoms with Gasteiger partial charge in [-0.05, 0) is 70.7 Å². The van der Waals surface area contributed by atoms with Crippen molar-refractivity contribution >= 4 is 27.6 Å². The minimum absolute atomic E-state index is 0.0496. The second-order valence-corrected chi connectivity index (χ2v) is 6.41. The SMILES string of the molecule is CC[C@H](C)Oc1c(Br)cc(/C=C(/C#N)c2cccc(F)c2)cc1OC. The summed E-state index contributed by atoms with van der Waals surface area (Å²) in [5, 5.41) is 9.42. The maximum Gasteiger partial charge on any atom is 0.175 e. The zero-order chi connectivity index (χ0) is 18.4. The van der Waals surface area contributed by atoms with E-state index in [0.717, 1.165) is 16.5 Å². The van der Waals surface area contributed by atoms with Gasteiger partial charge in [-0.2, -0.15) is 5.26 Å². The van der Waals surface area contributed by atoms with Crippen LogP contribution in [0, 0.1) is 17.1 Å². The zero-order valence-corrected chi connectivity index (χ0v) is 15.9. The number of nitriles is 1. The van der Waals surface area contributed by atoms with Gasteiger partial charge >= 0.3 is 0 Å². The predicted octanol–water partition coefficient (Wildman–Crippen LogP) is 5.84. The molecule has 0 spiro atoms. The van der Waals surface area contributed by atoms with Gasteiger partial charge in [0.25, 0.3) is 0 Å². The molecule has 0 saturated carbocycles. The van der Waals surface area contributed by atoms with Crippen molar-refractivity contribution in [2.75, 3.05) is 7.11 Å². The van der Waals surface area contributed by atoms with Crippen molar-refractivity contribution in [2.24, 2.45) is 0 Å². The van der Waals surface area contributed by atoms with E-state index in [1.165, 1.54) is 12.1 Å². The van der Waals surface area contributed by atoms with Gasteiger partial charge in [-0.15, -0.1) is 0 Å². The summed E-state index contributed by atoms with van der Waals surface area (Å²) >= 11 is 3.50. The Bertz CT molecular complexity index is 827. The van der Waals surface area contributed by atoms with Gasteiger partial charge < -0.3 is 9.47 Å². The molecule has 0 saturated heterocycles. The van der Waals surface area contributed by atoms with Crippen LogP contribution in [-0.4, -0.2) is 13.2 Å². The van der Waals surface area contributed by atoms with Gasteiger partial charge in [-0.25, -0.2) is 4.39 Å². The first-order valence-electron chi connectivity index (χ1n) is 7.90. The van der Waals surface area contributed by atoms with Gasteiger partial charge in [0.05, 0.1) is 29.3 Å². The highest BCUT2D eigenvalue weighted by atomic mass is 79.9. The summed E-state index contributed by atoms with van der Waals surface area (Å²) in [6, 6.07) is 11.7. The molecule has 0 aliphatic carbocycles. The molecule has 0 heterocycles. The lowest BCUT2D eigenvalue weighted by atomic mass is 10.0. The Hall–Kier alpha value is -2.32. The summed E-state index contributed by atoms with van der Waals surface area (Å²) < 4.78 is 25.5. The molecule has 2 rings (SSSR count). The van der Waals surface area contributed by atoms with Crippen molar-refractivity contribution in [3.63, 3.8) is 0 Å². The van der Waals surface area contributed by atoms with Crippen LogP contribution >= 0.6 is 15.9 Å². The second kappa shape index (κ2) is 8.68. The predicted molar refractivity (Wildman–Crippen MR) is 101 cm³/mol. The maximum absolute atomic E-state index is 13.4. The van der Waals surface area contributed by atoms with E-state index in [1.54, 1.807) is 31.4 Å². The van der Waals surface area contributed by atoms with Crippen molar-refractivity contribution in [1.82, 2.24) is 0 Å². The van der Waals surface area contributed by atoms with E-state index in [1.807, 2.05) is 19.9 Å². The lowest BCUT2D eigenvalue weighted by Gasteiger charge is -2.17. The third-order valence-electron chi connectivity index (χ3n) is 3.71. The number of rotatable bonds is 6. The summed E-state index contributed by atoms with van der Waals surface area (Å²) in [5.41, 5.74) is 1.64. The number of halogens is 2. The van der Waals surface area contributed by atoms with Gasteiger partial charge in [0.15, 0.2) is 11.5 Å². The van der Waals surface area contributed by atoms with Crippen molar-refractivity contribution in [3.05, 3.63) is 57.8 Å². The fourth-order valence-corrected chi connectivity index (χ4v) is 2.78. The molecule has 0 aromatic heterocycles. The molecule has 0 N–H and O–H groups in total. The van der Waals surface area contributed by atoms with Gasteiger partial charge in [0.2, 0.25) is 0 Å². The van der Waals surface area contributed by atoms with Crippen LogP contribution in [0.4, 0.5) is 4.39 Å². The highest BCUT2D eigenvalue weighted by molar-refractivity contribution is 9.10. The Kier molecular flexibility index (Phi) is 6.60.